The number of para-hydroxylation sites is 2. The van der Waals surface area contributed by atoms with Crippen LogP contribution < -0.4 is 9.80 Å². The highest BCUT2D eigenvalue weighted by atomic mass is 16.5. The molecule has 0 saturated heterocycles. The smallest absolute Gasteiger partial charge is 0.246 e. The highest BCUT2D eigenvalue weighted by Crippen LogP contribution is 2.37. The molecule has 1 aliphatic heterocycles. The van der Waals surface area contributed by atoms with Gasteiger partial charge < -0.3 is 27.7 Å². The summed E-state index contributed by atoms with van der Waals surface area (Å²) in [6, 6.07) is 12.0. The van der Waals surface area contributed by atoms with Crippen molar-refractivity contribution in [1.82, 2.24) is 20.3 Å². The lowest BCUT2D eigenvalue weighted by Gasteiger charge is -2.42. The first kappa shape index (κ1) is 19.4. The Morgan fingerprint density at radius 2 is 1.42 bits per heavy atom. The van der Waals surface area contributed by atoms with Crippen molar-refractivity contribution in [1.29, 1.82) is 0 Å². The van der Waals surface area contributed by atoms with Crippen molar-refractivity contribution in [2.24, 2.45) is 0 Å². The molecule has 1 atom stereocenters. The molecular formula is C23H20N6O4. The van der Waals surface area contributed by atoms with Gasteiger partial charge in [-0.2, -0.15) is 9.97 Å². The first-order valence-corrected chi connectivity index (χ1v) is 10.6. The lowest BCUT2D eigenvalue weighted by atomic mass is 10.1. The molecule has 0 aliphatic carbocycles. The predicted molar refractivity (Wildman–Crippen MR) is 117 cm³/mol. The zero-order valence-electron chi connectivity index (χ0n) is 17.8. The van der Waals surface area contributed by atoms with E-state index in [0.29, 0.717) is 36.5 Å². The Kier molecular flexibility index (Phi) is 4.68. The third-order valence-corrected chi connectivity index (χ3v) is 5.68. The van der Waals surface area contributed by atoms with Gasteiger partial charge in [0.25, 0.3) is 0 Å². The summed E-state index contributed by atoms with van der Waals surface area (Å²) in [5.74, 6) is 2.12. The molecule has 166 valence electrons. The van der Waals surface area contributed by atoms with Crippen molar-refractivity contribution in [3.05, 3.63) is 73.2 Å². The lowest BCUT2D eigenvalue weighted by Crippen LogP contribution is -2.47. The van der Waals surface area contributed by atoms with Crippen molar-refractivity contribution in [3.63, 3.8) is 0 Å². The average molecular weight is 444 g/mol. The minimum atomic E-state index is 0.181. The molecule has 10 nitrogen and oxygen atoms in total. The number of anilines is 2. The largest absolute Gasteiger partial charge is 0.472 e. The Morgan fingerprint density at radius 1 is 0.818 bits per heavy atom. The van der Waals surface area contributed by atoms with E-state index in [0.717, 1.165) is 29.0 Å². The maximum atomic E-state index is 5.52. The fraction of sp³-hybridized carbons (Fsp3) is 0.217. The number of hydrogen-bond donors (Lipinski definition) is 0. The molecular weight excluding hydrogens is 424 g/mol. The summed E-state index contributed by atoms with van der Waals surface area (Å²) in [4.78, 5) is 13.6. The summed E-state index contributed by atoms with van der Waals surface area (Å²) in [6.45, 7) is 3.94. The topological polar surface area (TPSA) is 111 Å². The van der Waals surface area contributed by atoms with Crippen LogP contribution in [0.4, 0.5) is 11.4 Å². The second-order valence-electron chi connectivity index (χ2n) is 7.89. The van der Waals surface area contributed by atoms with E-state index in [9.17, 15) is 0 Å². The SMILES string of the molecule is CC1CN(Cc2nc(-c3ccoc3)no2)c2ccccc2N1Cc1nc(-c2ccoc2)no1. The van der Waals surface area contributed by atoms with Crippen LogP contribution >= 0.6 is 0 Å². The Labute approximate surface area is 188 Å². The fourth-order valence-corrected chi connectivity index (χ4v) is 4.08. The summed E-state index contributed by atoms with van der Waals surface area (Å²) in [6.07, 6.45) is 6.37. The Balaban J connectivity index is 1.24. The van der Waals surface area contributed by atoms with E-state index in [1.54, 1.807) is 37.2 Å². The van der Waals surface area contributed by atoms with E-state index in [2.05, 4.69) is 49.1 Å². The normalized spacial score (nSPS) is 15.7. The average Bonchev–Trinajstić information content (AvgIpc) is 3.62. The van der Waals surface area contributed by atoms with Crippen LogP contribution in [0.3, 0.4) is 0 Å². The van der Waals surface area contributed by atoms with Crippen molar-refractivity contribution in [2.45, 2.75) is 26.1 Å². The molecule has 5 heterocycles. The first-order chi connectivity index (χ1) is 16.2. The summed E-state index contributed by atoms with van der Waals surface area (Å²) in [5, 5.41) is 8.16. The van der Waals surface area contributed by atoms with Gasteiger partial charge in [-0.3, -0.25) is 0 Å². The molecule has 0 fully saturated rings. The first-order valence-electron chi connectivity index (χ1n) is 10.6. The van der Waals surface area contributed by atoms with Gasteiger partial charge in [-0.25, -0.2) is 0 Å². The third-order valence-electron chi connectivity index (χ3n) is 5.68. The van der Waals surface area contributed by atoms with Crippen molar-refractivity contribution < 1.29 is 17.9 Å². The van der Waals surface area contributed by atoms with Crippen LogP contribution in [-0.2, 0) is 13.1 Å². The molecule has 0 radical (unpaired) electrons. The second kappa shape index (κ2) is 7.97. The van der Waals surface area contributed by atoms with Crippen LogP contribution in [0.1, 0.15) is 18.7 Å². The molecule has 1 aliphatic rings. The zero-order chi connectivity index (χ0) is 22.2. The van der Waals surface area contributed by atoms with Gasteiger partial charge in [0, 0.05) is 12.6 Å². The van der Waals surface area contributed by atoms with Gasteiger partial charge in [0.15, 0.2) is 0 Å². The number of benzene rings is 1. The van der Waals surface area contributed by atoms with Gasteiger partial charge in [0.05, 0.1) is 48.1 Å². The quantitative estimate of drug-likeness (QED) is 0.374. The van der Waals surface area contributed by atoms with Gasteiger partial charge in [0.1, 0.15) is 12.5 Å². The number of aromatic nitrogens is 4. The summed E-state index contributed by atoms with van der Waals surface area (Å²) in [5.41, 5.74) is 3.73. The van der Waals surface area contributed by atoms with E-state index in [1.165, 1.54) is 0 Å². The lowest BCUT2D eigenvalue weighted by molar-refractivity contribution is 0.365. The van der Waals surface area contributed by atoms with Crippen molar-refractivity contribution in [2.75, 3.05) is 16.3 Å². The molecule has 5 aromatic rings. The van der Waals surface area contributed by atoms with E-state index < -0.39 is 0 Å². The van der Waals surface area contributed by atoms with E-state index in [1.807, 2.05) is 12.1 Å². The molecule has 6 rings (SSSR count). The second-order valence-corrected chi connectivity index (χ2v) is 7.89. The van der Waals surface area contributed by atoms with E-state index >= 15 is 0 Å². The standard InChI is InChI=1S/C23H20N6O4/c1-15-10-28(11-20-24-22(26-32-20)16-6-8-30-13-16)18-4-2-3-5-19(18)29(15)12-21-25-23(27-33-21)17-7-9-31-14-17/h2-9,13-15H,10-12H2,1H3. The minimum absolute atomic E-state index is 0.181. The number of hydrogen-bond acceptors (Lipinski definition) is 10. The maximum absolute atomic E-state index is 5.52. The van der Waals surface area contributed by atoms with Gasteiger partial charge in [-0.1, -0.05) is 22.4 Å². The molecule has 0 saturated carbocycles. The highest BCUT2D eigenvalue weighted by Gasteiger charge is 2.30. The van der Waals surface area contributed by atoms with Crippen LogP contribution in [0.25, 0.3) is 22.8 Å². The molecule has 0 N–H and O–H groups in total. The molecule has 1 unspecified atom stereocenters. The molecule has 10 heteroatoms. The molecule has 0 spiro atoms. The molecule has 33 heavy (non-hydrogen) atoms. The monoisotopic (exact) mass is 444 g/mol. The molecule has 0 bridgehead atoms. The van der Waals surface area contributed by atoms with Gasteiger partial charge in [-0.15, -0.1) is 0 Å². The van der Waals surface area contributed by atoms with E-state index in [4.69, 9.17) is 17.9 Å². The van der Waals surface area contributed by atoms with Gasteiger partial charge >= 0.3 is 0 Å². The molecule has 4 aromatic heterocycles. The Bertz CT molecular complexity index is 1340. The van der Waals surface area contributed by atoms with Crippen LogP contribution in [0.2, 0.25) is 0 Å². The van der Waals surface area contributed by atoms with Crippen molar-refractivity contribution in [3.8, 4) is 22.8 Å². The maximum Gasteiger partial charge on any atom is 0.246 e. The highest BCUT2D eigenvalue weighted by molar-refractivity contribution is 5.74. The van der Waals surface area contributed by atoms with Crippen LogP contribution in [0.5, 0.6) is 0 Å². The number of nitrogens with zero attached hydrogens (tertiary/aromatic N) is 6. The Morgan fingerprint density at radius 3 is 2.03 bits per heavy atom. The van der Waals surface area contributed by atoms with E-state index in [-0.39, 0.29) is 6.04 Å². The number of fused-ring (bicyclic) bond motifs is 1. The third kappa shape index (κ3) is 3.65. The molecule has 1 aromatic carbocycles. The molecule has 0 amide bonds. The Hall–Kier alpha value is -4.34. The van der Waals surface area contributed by atoms with Gasteiger partial charge in [0.2, 0.25) is 23.4 Å². The van der Waals surface area contributed by atoms with Crippen molar-refractivity contribution >= 4 is 11.4 Å². The summed E-state index contributed by atoms with van der Waals surface area (Å²) >= 11 is 0. The predicted octanol–water partition coefficient (Wildman–Crippen LogP) is 4.39. The number of rotatable bonds is 6. The van der Waals surface area contributed by atoms with Crippen LogP contribution in [0.15, 0.2) is 79.3 Å². The summed E-state index contributed by atoms with van der Waals surface area (Å²) < 4.78 is 21.2. The number of furan rings is 2. The van der Waals surface area contributed by atoms with Gasteiger partial charge in [-0.05, 0) is 31.2 Å². The minimum Gasteiger partial charge on any atom is -0.472 e. The zero-order valence-corrected chi connectivity index (χ0v) is 17.8. The van der Waals surface area contributed by atoms with Crippen LogP contribution in [0, 0.1) is 0 Å². The van der Waals surface area contributed by atoms with Crippen LogP contribution in [-0.4, -0.2) is 32.9 Å². The summed E-state index contributed by atoms with van der Waals surface area (Å²) in [7, 11) is 0. The fourth-order valence-electron chi connectivity index (χ4n) is 4.08.